The SMILES string of the molecule is CN=C(NCCCN(C)CCOC)NCc1nc(C)c(C)o1. The van der Waals surface area contributed by atoms with Crippen molar-refractivity contribution in [1.29, 1.82) is 0 Å². The topological polar surface area (TPSA) is 74.9 Å². The second-order valence-electron chi connectivity index (χ2n) is 5.25. The van der Waals surface area contributed by atoms with Gasteiger partial charge in [-0.2, -0.15) is 0 Å². The van der Waals surface area contributed by atoms with Crippen molar-refractivity contribution in [2.24, 2.45) is 4.99 Å². The standard InChI is InChI=1S/C15H29N5O2/c1-12-13(2)22-14(19-12)11-18-15(16-3)17-7-6-8-20(4)9-10-21-5/h6-11H2,1-5H3,(H2,16,17,18). The molecule has 0 unspecified atom stereocenters. The van der Waals surface area contributed by atoms with Crippen molar-refractivity contribution >= 4 is 5.96 Å². The number of nitrogens with one attached hydrogen (secondary N) is 2. The smallest absolute Gasteiger partial charge is 0.214 e. The molecule has 0 radical (unpaired) electrons. The lowest BCUT2D eigenvalue weighted by molar-refractivity contribution is 0.161. The van der Waals surface area contributed by atoms with E-state index in [1.54, 1.807) is 14.2 Å². The minimum Gasteiger partial charge on any atom is -0.444 e. The molecule has 7 heteroatoms. The summed E-state index contributed by atoms with van der Waals surface area (Å²) < 4.78 is 10.6. The van der Waals surface area contributed by atoms with Gasteiger partial charge >= 0.3 is 0 Å². The Hall–Kier alpha value is -1.60. The maximum absolute atomic E-state index is 5.53. The minimum absolute atomic E-state index is 0.530. The van der Waals surface area contributed by atoms with Crippen molar-refractivity contribution in [1.82, 2.24) is 20.5 Å². The van der Waals surface area contributed by atoms with Gasteiger partial charge in [0.2, 0.25) is 5.89 Å². The molecule has 2 N–H and O–H groups in total. The third-order valence-corrected chi connectivity index (χ3v) is 3.39. The predicted molar refractivity (Wildman–Crippen MR) is 88.2 cm³/mol. The van der Waals surface area contributed by atoms with Crippen LogP contribution in [0.3, 0.4) is 0 Å². The summed E-state index contributed by atoms with van der Waals surface area (Å²) in [5, 5.41) is 6.48. The maximum atomic E-state index is 5.53. The number of guanidine groups is 1. The summed E-state index contributed by atoms with van der Waals surface area (Å²) in [6.07, 6.45) is 1.04. The van der Waals surface area contributed by atoms with Gasteiger partial charge in [0.15, 0.2) is 5.96 Å². The molecule has 1 rings (SSSR count). The molecule has 0 aliphatic carbocycles. The van der Waals surface area contributed by atoms with Crippen LogP contribution in [0.4, 0.5) is 0 Å². The van der Waals surface area contributed by atoms with Gasteiger partial charge in [0.25, 0.3) is 0 Å². The van der Waals surface area contributed by atoms with Crippen molar-refractivity contribution in [3.8, 4) is 0 Å². The molecule has 0 saturated carbocycles. The lowest BCUT2D eigenvalue weighted by Crippen LogP contribution is -2.38. The molecule has 0 amide bonds. The van der Waals surface area contributed by atoms with E-state index >= 15 is 0 Å². The van der Waals surface area contributed by atoms with Gasteiger partial charge in [0.1, 0.15) is 5.76 Å². The van der Waals surface area contributed by atoms with Crippen molar-refractivity contribution < 1.29 is 9.15 Å². The van der Waals surface area contributed by atoms with Crippen LogP contribution in [-0.4, -0.2) is 63.3 Å². The van der Waals surface area contributed by atoms with Crippen molar-refractivity contribution in [2.75, 3.05) is 47.4 Å². The first-order valence-corrected chi connectivity index (χ1v) is 7.61. The van der Waals surface area contributed by atoms with E-state index in [0.717, 1.165) is 50.1 Å². The fraction of sp³-hybridized carbons (Fsp3) is 0.733. The van der Waals surface area contributed by atoms with Crippen molar-refractivity contribution in [3.63, 3.8) is 0 Å². The number of aryl methyl sites for hydroxylation is 2. The van der Waals surface area contributed by atoms with E-state index in [0.29, 0.717) is 12.4 Å². The Morgan fingerprint density at radius 2 is 2.09 bits per heavy atom. The van der Waals surface area contributed by atoms with E-state index in [-0.39, 0.29) is 0 Å². The molecule has 22 heavy (non-hydrogen) atoms. The number of nitrogens with zero attached hydrogens (tertiary/aromatic N) is 3. The molecule has 1 heterocycles. The second-order valence-corrected chi connectivity index (χ2v) is 5.25. The first-order valence-electron chi connectivity index (χ1n) is 7.61. The fourth-order valence-electron chi connectivity index (χ4n) is 1.91. The van der Waals surface area contributed by atoms with Gasteiger partial charge < -0.3 is 24.7 Å². The summed E-state index contributed by atoms with van der Waals surface area (Å²) in [6, 6.07) is 0. The molecule has 0 aliphatic rings. The molecule has 7 nitrogen and oxygen atoms in total. The molecule has 1 aromatic rings. The molecule has 126 valence electrons. The fourth-order valence-corrected chi connectivity index (χ4v) is 1.91. The predicted octanol–water partition coefficient (Wildman–Crippen LogP) is 0.925. The molecular formula is C15H29N5O2. The highest BCUT2D eigenvalue weighted by Gasteiger charge is 2.06. The van der Waals surface area contributed by atoms with Crippen LogP contribution in [-0.2, 0) is 11.3 Å². The van der Waals surface area contributed by atoms with Gasteiger partial charge in [-0.15, -0.1) is 0 Å². The summed E-state index contributed by atoms with van der Waals surface area (Å²) in [6.45, 7) is 7.98. The summed E-state index contributed by atoms with van der Waals surface area (Å²) in [5.74, 6) is 2.30. The average Bonchev–Trinajstić information content (AvgIpc) is 2.83. The number of likely N-dealkylation sites (N-methyl/N-ethyl adjacent to an activating group) is 1. The molecule has 0 bridgehead atoms. The first kappa shape index (κ1) is 18.4. The summed E-state index contributed by atoms with van der Waals surface area (Å²) >= 11 is 0. The zero-order chi connectivity index (χ0) is 16.4. The highest BCUT2D eigenvalue weighted by molar-refractivity contribution is 5.79. The minimum atomic E-state index is 0.530. The Balaban J connectivity index is 2.20. The van der Waals surface area contributed by atoms with Crippen LogP contribution in [0.25, 0.3) is 0 Å². The molecule has 0 aromatic carbocycles. The van der Waals surface area contributed by atoms with E-state index in [2.05, 4.69) is 32.6 Å². The van der Waals surface area contributed by atoms with Crippen LogP contribution in [0.1, 0.15) is 23.8 Å². The molecule has 1 aromatic heterocycles. The highest BCUT2D eigenvalue weighted by Crippen LogP contribution is 2.07. The van der Waals surface area contributed by atoms with E-state index in [4.69, 9.17) is 9.15 Å². The molecular weight excluding hydrogens is 282 g/mol. The number of aliphatic imine (C=N–C) groups is 1. The van der Waals surface area contributed by atoms with E-state index in [1.165, 1.54) is 0 Å². The van der Waals surface area contributed by atoms with Gasteiger partial charge in [0.05, 0.1) is 18.8 Å². The van der Waals surface area contributed by atoms with Crippen LogP contribution in [0, 0.1) is 13.8 Å². The van der Waals surface area contributed by atoms with Crippen molar-refractivity contribution in [2.45, 2.75) is 26.8 Å². The van der Waals surface area contributed by atoms with Crippen LogP contribution < -0.4 is 10.6 Å². The maximum Gasteiger partial charge on any atom is 0.214 e. The summed E-state index contributed by atoms with van der Waals surface area (Å²) in [4.78, 5) is 10.8. The van der Waals surface area contributed by atoms with E-state index in [1.807, 2.05) is 13.8 Å². The number of hydrogen-bond acceptors (Lipinski definition) is 5. The Bertz CT molecular complexity index is 439. The molecule has 0 atom stereocenters. The third kappa shape index (κ3) is 6.91. The zero-order valence-corrected chi connectivity index (χ0v) is 14.4. The third-order valence-electron chi connectivity index (χ3n) is 3.39. The van der Waals surface area contributed by atoms with Gasteiger partial charge in [-0.25, -0.2) is 4.98 Å². The number of oxazole rings is 1. The quantitative estimate of drug-likeness (QED) is 0.401. The highest BCUT2D eigenvalue weighted by atomic mass is 16.5. The largest absolute Gasteiger partial charge is 0.444 e. The van der Waals surface area contributed by atoms with Crippen LogP contribution >= 0.6 is 0 Å². The molecule has 0 aliphatic heterocycles. The summed E-state index contributed by atoms with van der Waals surface area (Å²) in [5.41, 5.74) is 0.929. The molecule has 0 fully saturated rings. The Labute approximate surface area is 133 Å². The summed E-state index contributed by atoms with van der Waals surface area (Å²) in [7, 11) is 5.58. The van der Waals surface area contributed by atoms with Gasteiger partial charge in [0, 0.05) is 27.2 Å². The van der Waals surface area contributed by atoms with Crippen LogP contribution in [0.15, 0.2) is 9.41 Å². The number of methoxy groups -OCH3 is 1. The average molecular weight is 311 g/mol. The number of hydrogen-bond donors (Lipinski definition) is 2. The molecule has 0 saturated heterocycles. The second kappa shape index (κ2) is 10.2. The van der Waals surface area contributed by atoms with Crippen LogP contribution in [0.2, 0.25) is 0 Å². The van der Waals surface area contributed by atoms with E-state index in [9.17, 15) is 0 Å². The Morgan fingerprint density at radius 1 is 1.32 bits per heavy atom. The zero-order valence-electron chi connectivity index (χ0n) is 14.4. The van der Waals surface area contributed by atoms with Crippen LogP contribution in [0.5, 0.6) is 0 Å². The van der Waals surface area contributed by atoms with E-state index < -0.39 is 0 Å². The normalized spacial score (nSPS) is 12.0. The van der Waals surface area contributed by atoms with Gasteiger partial charge in [-0.1, -0.05) is 0 Å². The first-order chi connectivity index (χ1) is 10.6. The number of rotatable bonds is 9. The number of ether oxygens (including phenoxy) is 1. The van der Waals surface area contributed by atoms with Gasteiger partial charge in [-0.05, 0) is 33.9 Å². The van der Waals surface area contributed by atoms with Crippen molar-refractivity contribution in [3.05, 3.63) is 17.3 Å². The van der Waals surface area contributed by atoms with Gasteiger partial charge in [-0.3, -0.25) is 4.99 Å². The lowest BCUT2D eigenvalue weighted by Gasteiger charge is -2.16. The lowest BCUT2D eigenvalue weighted by atomic mass is 10.4. The Morgan fingerprint density at radius 3 is 2.68 bits per heavy atom. The number of aromatic nitrogens is 1. The monoisotopic (exact) mass is 311 g/mol. The Kier molecular flexibility index (Phi) is 8.54. The molecule has 0 spiro atoms.